The molecule has 2 aromatic rings. The van der Waals surface area contributed by atoms with Gasteiger partial charge in [-0.05, 0) is 49.6 Å². The molecule has 27 heavy (non-hydrogen) atoms. The number of carbonyl (C=O) groups excluding carboxylic acids is 2. The Morgan fingerprint density at radius 2 is 1.78 bits per heavy atom. The van der Waals surface area contributed by atoms with Crippen molar-refractivity contribution in [3.8, 4) is 5.75 Å². The lowest BCUT2D eigenvalue weighted by Crippen LogP contribution is -2.32. The van der Waals surface area contributed by atoms with Crippen molar-refractivity contribution < 1.29 is 18.7 Å². The molecule has 3 rings (SSSR count). The molecule has 0 N–H and O–H groups in total. The third-order valence-corrected chi connectivity index (χ3v) is 4.81. The molecule has 0 unspecified atom stereocenters. The average molecular weight is 369 g/mol. The fraction of sp³-hybridized carbons (Fsp3) is 0.364. The van der Waals surface area contributed by atoms with Crippen LogP contribution in [0.25, 0.3) is 0 Å². The summed E-state index contributed by atoms with van der Waals surface area (Å²) in [5, 5.41) is 0. The molecule has 142 valence electrons. The zero-order valence-electron chi connectivity index (χ0n) is 15.5. The number of ketones is 1. The van der Waals surface area contributed by atoms with E-state index in [-0.39, 0.29) is 23.5 Å². The number of methoxy groups -OCH3 is 1. The van der Waals surface area contributed by atoms with Crippen LogP contribution in [0.4, 0.5) is 4.39 Å². The summed E-state index contributed by atoms with van der Waals surface area (Å²) in [6.07, 6.45) is 3.03. The van der Waals surface area contributed by atoms with Crippen LogP contribution in [0, 0.1) is 5.82 Å². The summed E-state index contributed by atoms with van der Waals surface area (Å²) in [5.41, 5.74) is 1.15. The molecule has 0 heterocycles. The monoisotopic (exact) mass is 369 g/mol. The maximum atomic E-state index is 13.9. The first-order chi connectivity index (χ1) is 13.1. The van der Waals surface area contributed by atoms with Crippen LogP contribution in [0.1, 0.15) is 48.0 Å². The number of rotatable bonds is 9. The van der Waals surface area contributed by atoms with E-state index in [1.54, 1.807) is 54.5 Å². The van der Waals surface area contributed by atoms with E-state index in [4.69, 9.17) is 4.74 Å². The molecule has 2 aromatic carbocycles. The molecule has 0 aromatic heterocycles. The van der Waals surface area contributed by atoms with Gasteiger partial charge in [-0.3, -0.25) is 9.59 Å². The van der Waals surface area contributed by atoms with Crippen LogP contribution < -0.4 is 4.74 Å². The highest BCUT2D eigenvalue weighted by molar-refractivity contribution is 5.96. The van der Waals surface area contributed by atoms with Gasteiger partial charge >= 0.3 is 0 Å². The molecule has 0 bridgehead atoms. The maximum Gasteiger partial charge on any atom is 0.223 e. The molecule has 1 amide bonds. The van der Waals surface area contributed by atoms with Crippen molar-refractivity contribution in [2.75, 3.05) is 7.11 Å². The number of hydrogen-bond donors (Lipinski definition) is 0. The molecule has 0 atom stereocenters. The third kappa shape index (κ3) is 5.16. The van der Waals surface area contributed by atoms with Crippen molar-refractivity contribution in [1.82, 2.24) is 4.90 Å². The molecule has 4 nitrogen and oxygen atoms in total. The van der Waals surface area contributed by atoms with E-state index in [2.05, 4.69) is 0 Å². The number of Topliss-reactive ketones (excluding diaryl/α,β-unsaturated/α-hetero) is 1. The minimum absolute atomic E-state index is 0.0108. The van der Waals surface area contributed by atoms with Gasteiger partial charge in [0.1, 0.15) is 11.6 Å². The van der Waals surface area contributed by atoms with Crippen molar-refractivity contribution in [3.63, 3.8) is 0 Å². The van der Waals surface area contributed by atoms with Gasteiger partial charge in [0.25, 0.3) is 0 Å². The number of hydrogen-bond acceptors (Lipinski definition) is 3. The van der Waals surface area contributed by atoms with E-state index < -0.39 is 0 Å². The highest BCUT2D eigenvalue weighted by Crippen LogP contribution is 2.29. The minimum Gasteiger partial charge on any atom is -0.497 e. The average Bonchev–Trinajstić information content (AvgIpc) is 3.52. The van der Waals surface area contributed by atoms with Gasteiger partial charge < -0.3 is 9.64 Å². The van der Waals surface area contributed by atoms with Crippen LogP contribution in [0.2, 0.25) is 0 Å². The fourth-order valence-electron chi connectivity index (χ4n) is 3.08. The summed E-state index contributed by atoms with van der Waals surface area (Å²) >= 11 is 0. The molecular formula is C22H24FNO3. The molecular weight excluding hydrogens is 345 g/mol. The Hall–Kier alpha value is -2.69. The van der Waals surface area contributed by atoms with Crippen LogP contribution >= 0.6 is 0 Å². The first-order valence-corrected chi connectivity index (χ1v) is 9.28. The van der Waals surface area contributed by atoms with E-state index in [0.717, 1.165) is 12.8 Å². The van der Waals surface area contributed by atoms with Crippen LogP contribution in [0.3, 0.4) is 0 Å². The van der Waals surface area contributed by atoms with Crippen LogP contribution in [-0.4, -0.2) is 29.7 Å². The lowest BCUT2D eigenvalue weighted by atomic mass is 10.0. The standard InChI is InChI=1S/C22H24FNO3/c1-27-19-13-9-16(10-14-19)21(25)7-4-8-22(26)24(18-11-12-18)15-17-5-2-3-6-20(17)23/h2-3,5-6,9-10,13-14,18H,4,7-8,11-12,15H2,1H3. The van der Waals surface area contributed by atoms with Crippen molar-refractivity contribution in [3.05, 3.63) is 65.5 Å². The Bertz CT molecular complexity index is 799. The molecule has 5 heteroatoms. The fourth-order valence-corrected chi connectivity index (χ4v) is 3.08. The third-order valence-electron chi connectivity index (χ3n) is 4.81. The van der Waals surface area contributed by atoms with Gasteiger partial charge in [-0.25, -0.2) is 4.39 Å². The molecule has 1 fully saturated rings. The zero-order chi connectivity index (χ0) is 19.2. The van der Waals surface area contributed by atoms with Crippen molar-refractivity contribution >= 4 is 11.7 Å². The number of carbonyl (C=O) groups is 2. The molecule has 0 radical (unpaired) electrons. The molecule has 0 saturated heterocycles. The van der Waals surface area contributed by atoms with Crippen molar-refractivity contribution in [2.45, 2.75) is 44.7 Å². The van der Waals surface area contributed by atoms with E-state index in [1.165, 1.54) is 6.07 Å². The molecule has 0 spiro atoms. The Kier molecular flexibility index (Phi) is 6.22. The molecule has 1 aliphatic carbocycles. The largest absolute Gasteiger partial charge is 0.497 e. The Labute approximate surface area is 158 Å². The highest BCUT2D eigenvalue weighted by Gasteiger charge is 2.32. The maximum absolute atomic E-state index is 13.9. The number of ether oxygens (including phenoxy) is 1. The summed E-state index contributed by atoms with van der Waals surface area (Å²) < 4.78 is 19.0. The second-order valence-electron chi connectivity index (χ2n) is 6.85. The van der Waals surface area contributed by atoms with E-state index >= 15 is 0 Å². The van der Waals surface area contributed by atoms with Crippen molar-refractivity contribution in [1.29, 1.82) is 0 Å². The summed E-state index contributed by atoms with van der Waals surface area (Å²) in [5.74, 6) is 0.418. The normalized spacial score (nSPS) is 13.3. The smallest absolute Gasteiger partial charge is 0.223 e. The Morgan fingerprint density at radius 3 is 2.41 bits per heavy atom. The lowest BCUT2D eigenvalue weighted by molar-refractivity contribution is -0.132. The second kappa shape index (κ2) is 8.80. The minimum atomic E-state index is -0.286. The topological polar surface area (TPSA) is 46.6 Å². The lowest BCUT2D eigenvalue weighted by Gasteiger charge is -2.23. The van der Waals surface area contributed by atoms with Gasteiger partial charge in [0.15, 0.2) is 5.78 Å². The summed E-state index contributed by atoms with van der Waals surface area (Å²) in [6, 6.07) is 13.7. The van der Waals surface area contributed by atoms with Gasteiger partial charge in [0.2, 0.25) is 5.91 Å². The quantitative estimate of drug-likeness (QED) is 0.616. The number of halogens is 1. The van der Waals surface area contributed by atoms with Gasteiger partial charge in [0.05, 0.1) is 7.11 Å². The highest BCUT2D eigenvalue weighted by atomic mass is 19.1. The Balaban J connectivity index is 1.52. The summed E-state index contributed by atoms with van der Waals surface area (Å²) in [7, 11) is 1.58. The van der Waals surface area contributed by atoms with E-state index in [0.29, 0.717) is 42.7 Å². The number of amides is 1. The van der Waals surface area contributed by atoms with Gasteiger partial charge in [-0.15, -0.1) is 0 Å². The number of benzene rings is 2. The van der Waals surface area contributed by atoms with Gasteiger partial charge in [-0.1, -0.05) is 18.2 Å². The van der Waals surface area contributed by atoms with Crippen LogP contribution in [0.5, 0.6) is 5.75 Å². The predicted molar refractivity (Wildman–Crippen MR) is 101 cm³/mol. The van der Waals surface area contributed by atoms with E-state index in [9.17, 15) is 14.0 Å². The zero-order valence-corrected chi connectivity index (χ0v) is 15.5. The first-order valence-electron chi connectivity index (χ1n) is 9.28. The second-order valence-corrected chi connectivity index (χ2v) is 6.85. The van der Waals surface area contributed by atoms with Crippen LogP contribution in [-0.2, 0) is 11.3 Å². The van der Waals surface area contributed by atoms with Crippen molar-refractivity contribution in [2.24, 2.45) is 0 Å². The Morgan fingerprint density at radius 1 is 1.07 bits per heavy atom. The molecule has 1 saturated carbocycles. The molecule has 0 aliphatic heterocycles. The van der Waals surface area contributed by atoms with Gasteiger partial charge in [-0.2, -0.15) is 0 Å². The predicted octanol–water partition coefficient (Wildman–Crippen LogP) is 4.38. The number of nitrogens with zero attached hydrogens (tertiary/aromatic N) is 1. The SMILES string of the molecule is COc1ccc(C(=O)CCCC(=O)N(Cc2ccccc2F)C2CC2)cc1. The first kappa shape index (κ1) is 19.1. The van der Waals surface area contributed by atoms with Crippen LogP contribution in [0.15, 0.2) is 48.5 Å². The summed E-state index contributed by atoms with van der Waals surface area (Å²) in [4.78, 5) is 26.6. The molecule has 1 aliphatic rings. The van der Waals surface area contributed by atoms with E-state index in [1.807, 2.05) is 0 Å². The van der Waals surface area contributed by atoms with Gasteiger partial charge in [0, 0.05) is 36.6 Å². The summed E-state index contributed by atoms with van der Waals surface area (Å²) in [6.45, 7) is 0.294.